The molecule has 108 valence electrons. The smallest absolute Gasteiger partial charge is 0.151 e. The molecule has 0 bridgehead atoms. The van der Waals surface area contributed by atoms with E-state index in [1.807, 2.05) is 31.1 Å². The van der Waals surface area contributed by atoms with E-state index in [1.165, 1.54) is 5.01 Å². The zero-order valence-electron chi connectivity index (χ0n) is 12.8. The van der Waals surface area contributed by atoms with Crippen LogP contribution in [0.3, 0.4) is 0 Å². The van der Waals surface area contributed by atoms with Gasteiger partial charge in [-0.05, 0) is 12.1 Å². The van der Waals surface area contributed by atoms with Crippen molar-refractivity contribution in [2.45, 2.75) is 32.7 Å². The fourth-order valence-corrected chi connectivity index (χ4v) is 2.72. The van der Waals surface area contributed by atoms with Gasteiger partial charge in [0.25, 0.3) is 0 Å². The molecule has 1 N–H and O–H groups in total. The first kappa shape index (κ1) is 14.8. The first-order chi connectivity index (χ1) is 9.38. The van der Waals surface area contributed by atoms with Crippen molar-refractivity contribution in [1.82, 2.24) is 9.97 Å². The molecular weight excluding hydrogens is 268 g/mol. The van der Waals surface area contributed by atoms with Gasteiger partial charge in [-0.1, -0.05) is 20.8 Å². The first-order valence-electron chi connectivity index (χ1n) is 6.69. The van der Waals surface area contributed by atoms with E-state index in [4.69, 9.17) is 4.98 Å². The Labute approximate surface area is 124 Å². The molecule has 2 heterocycles. The normalized spacial score (nSPS) is 11.4. The van der Waals surface area contributed by atoms with E-state index >= 15 is 0 Å². The highest BCUT2D eigenvalue weighted by Crippen LogP contribution is 2.26. The molecule has 4 nitrogen and oxygen atoms in total. The second-order valence-corrected chi connectivity index (χ2v) is 6.87. The summed E-state index contributed by atoms with van der Waals surface area (Å²) in [7, 11) is 3.99. The van der Waals surface area contributed by atoms with Crippen molar-refractivity contribution in [2.24, 2.45) is 0 Å². The third kappa shape index (κ3) is 3.48. The minimum absolute atomic E-state index is 0.117. The van der Waals surface area contributed by atoms with Gasteiger partial charge in [-0.25, -0.2) is 9.97 Å². The lowest BCUT2D eigenvalue weighted by Crippen LogP contribution is -2.14. The van der Waals surface area contributed by atoms with Crippen LogP contribution in [0.15, 0.2) is 23.7 Å². The molecule has 0 unspecified atom stereocenters. The minimum Gasteiger partial charge on any atom is -0.376 e. The van der Waals surface area contributed by atoms with E-state index in [2.05, 4.69) is 36.5 Å². The summed E-state index contributed by atoms with van der Waals surface area (Å²) in [5.41, 5.74) is 2.22. The number of pyridine rings is 1. The lowest BCUT2D eigenvalue weighted by Gasteiger charge is -2.16. The van der Waals surface area contributed by atoms with Crippen LogP contribution in [0.2, 0.25) is 0 Å². The van der Waals surface area contributed by atoms with Crippen LogP contribution in [-0.2, 0) is 12.0 Å². The van der Waals surface area contributed by atoms with Gasteiger partial charge in [0, 0.05) is 31.1 Å². The number of rotatable bonds is 4. The molecule has 0 aliphatic rings. The van der Waals surface area contributed by atoms with Crippen LogP contribution in [0.4, 0.5) is 11.5 Å². The predicted octanol–water partition coefficient (Wildman–Crippen LogP) is 3.51. The van der Waals surface area contributed by atoms with Gasteiger partial charge < -0.3 is 10.2 Å². The first-order valence-corrected chi connectivity index (χ1v) is 7.57. The third-order valence-corrected chi connectivity index (χ3v) is 4.18. The Bertz CT molecular complexity index is 569. The maximum absolute atomic E-state index is 4.69. The maximum atomic E-state index is 4.69. The molecule has 2 aromatic rings. The molecule has 0 aliphatic heterocycles. The van der Waals surface area contributed by atoms with Crippen molar-refractivity contribution in [2.75, 3.05) is 24.3 Å². The average Bonchev–Trinajstić information content (AvgIpc) is 2.85. The van der Waals surface area contributed by atoms with Gasteiger partial charge in [0.05, 0.1) is 22.9 Å². The molecule has 20 heavy (non-hydrogen) atoms. The molecule has 0 radical (unpaired) electrons. The molecule has 0 aliphatic carbocycles. The molecule has 0 aromatic carbocycles. The number of aromatic nitrogens is 2. The monoisotopic (exact) mass is 290 g/mol. The van der Waals surface area contributed by atoms with Crippen LogP contribution in [-0.4, -0.2) is 24.1 Å². The summed E-state index contributed by atoms with van der Waals surface area (Å²) in [4.78, 5) is 11.1. The number of nitrogens with zero attached hydrogens (tertiary/aromatic N) is 3. The fourth-order valence-electron chi connectivity index (χ4n) is 1.81. The SMILES string of the molecule is CN(C)c1ncccc1NCc1csc(C(C)(C)C)n1. The molecule has 0 amide bonds. The van der Waals surface area contributed by atoms with Crippen molar-refractivity contribution >= 4 is 22.8 Å². The van der Waals surface area contributed by atoms with Crippen molar-refractivity contribution in [1.29, 1.82) is 0 Å². The number of nitrogens with one attached hydrogen (secondary N) is 1. The molecule has 5 heteroatoms. The molecule has 0 spiro atoms. The minimum atomic E-state index is 0.117. The Morgan fingerprint density at radius 2 is 2.05 bits per heavy atom. The van der Waals surface area contributed by atoms with E-state index in [0.717, 1.165) is 23.7 Å². The summed E-state index contributed by atoms with van der Waals surface area (Å²) in [6.07, 6.45) is 1.81. The Hall–Kier alpha value is -1.62. The lowest BCUT2D eigenvalue weighted by atomic mass is 9.98. The summed E-state index contributed by atoms with van der Waals surface area (Å²) < 4.78 is 0. The Morgan fingerprint density at radius 1 is 1.30 bits per heavy atom. The topological polar surface area (TPSA) is 41.1 Å². The molecule has 0 fully saturated rings. The van der Waals surface area contributed by atoms with Crippen LogP contribution in [0, 0.1) is 0 Å². The highest BCUT2D eigenvalue weighted by atomic mass is 32.1. The fraction of sp³-hybridized carbons (Fsp3) is 0.467. The summed E-state index contributed by atoms with van der Waals surface area (Å²) in [5, 5.41) is 6.71. The Morgan fingerprint density at radius 3 is 2.65 bits per heavy atom. The Kier molecular flexibility index (Phi) is 4.28. The molecule has 2 aromatic heterocycles. The summed E-state index contributed by atoms with van der Waals surface area (Å²) in [6, 6.07) is 3.98. The van der Waals surface area contributed by atoms with E-state index in [1.54, 1.807) is 17.5 Å². The lowest BCUT2D eigenvalue weighted by molar-refractivity contribution is 0.583. The predicted molar refractivity (Wildman–Crippen MR) is 86.7 cm³/mol. The van der Waals surface area contributed by atoms with E-state index in [-0.39, 0.29) is 5.41 Å². The number of hydrogen-bond acceptors (Lipinski definition) is 5. The van der Waals surface area contributed by atoms with Gasteiger partial charge in [-0.15, -0.1) is 11.3 Å². The molecule has 0 saturated heterocycles. The zero-order valence-corrected chi connectivity index (χ0v) is 13.6. The Balaban J connectivity index is 2.08. The highest BCUT2D eigenvalue weighted by molar-refractivity contribution is 7.09. The van der Waals surface area contributed by atoms with Crippen LogP contribution in [0.5, 0.6) is 0 Å². The second kappa shape index (κ2) is 5.79. The molecule has 2 rings (SSSR count). The summed E-state index contributed by atoms with van der Waals surface area (Å²) >= 11 is 1.72. The number of thiazole rings is 1. The largest absolute Gasteiger partial charge is 0.376 e. The van der Waals surface area contributed by atoms with Crippen molar-refractivity contribution in [3.05, 3.63) is 34.4 Å². The highest BCUT2D eigenvalue weighted by Gasteiger charge is 2.17. The van der Waals surface area contributed by atoms with Crippen LogP contribution >= 0.6 is 11.3 Å². The number of hydrogen-bond donors (Lipinski definition) is 1. The van der Waals surface area contributed by atoms with Gasteiger partial charge in [0.1, 0.15) is 0 Å². The molecule has 0 atom stereocenters. The number of anilines is 2. The standard InChI is InChI=1S/C15H22N4S/c1-15(2,3)14-18-11(10-20-14)9-17-12-7-6-8-16-13(12)19(4)5/h6-8,10,17H,9H2,1-5H3. The van der Waals surface area contributed by atoms with Gasteiger partial charge >= 0.3 is 0 Å². The van der Waals surface area contributed by atoms with E-state index in [9.17, 15) is 0 Å². The molecule has 0 saturated carbocycles. The average molecular weight is 290 g/mol. The van der Waals surface area contributed by atoms with E-state index < -0.39 is 0 Å². The quantitative estimate of drug-likeness (QED) is 0.935. The molecular formula is C15H22N4S. The van der Waals surface area contributed by atoms with Gasteiger partial charge in [-0.2, -0.15) is 0 Å². The third-order valence-electron chi connectivity index (χ3n) is 2.86. The second-order valence-electron chi connectivity index (χ2n) is 6.02. The zero-order chi connectivity index (χ0) is 14.8. The van der Waals surface area contributed by atoms with Gasteiger partial charge in [0.15, 0.2) is 5.82 Å². The van der Waals surface area contributed by atoms with Crippen molar-refractivity contribution in [3.63, 3.8) is 0 Å². The summed E-state index contributed by atoms with van der Waals surface area (Å²) in [5.74, 6) is 0.943. The van der Waals surface area contributed by atoms with Crippen LogP contribution in [0.25, 0.3) is 0 Å². The summed E-state index contributed by atoms with van der Waals surface area (Å²) in [6.45, 7) is 7.29. The van der Waals surface area contributed by atoms with E-state index in [0.29, 0.717) is 0 Å². The van der Waals surface area contributed by atoms with Gasteiger partial charge in [0.2, 0.25) is 0 Å². The van der Waals surface area contributed by atoms with Crippen LogP contribution < -0.4 is 10.2 Å². The van der Waals surface area contributed by atoms with Gasteiger partial charge in [-0.3, -0.25) is 0 Å². The maximum Gasteiger partial charge on any atom is 0.151 e. The van der Waals surface area contributed by atoms with Crippen LogP contribution in [0.1, 0.15) is 31.5 Å². The van der Waals surface area contributed by atoms with Crippen molar-refractivity contribution in [3.8, 4) is 0 Å². The van der Waals surface area contributed by atoms with Crippen molar-refractivity contribution < 1.29 is 0 Å².